The van der Waals surface area contributed by atoms with Gasteiger partial charge in [0.15, 0.2) is 0 Å². The molecule has 4 rings (SSSR count). The fourth-order valence-electron chi connectivity index (χ4n) is 3.85. The van der Waals surface area contributed by atoms with E-state index in [2.05, 4.69) is 5.32 Å². The van der Waals surface area contributed by atoms with Crippen molar-refractivity contribution < 1.29 is 27.2 Å². The van der Waals surface area contributed by atoms with Crippen LogP contribution in [0.15, 0.2) is 59.0 Å². The van der Waals surface area contributed by atoms with Gasteiger partial charge in [-0.25, -0.2) is 0 Å². The van der Waals surface area contributed by atoms with Crippen LogP contribution in [-0.4, -0.2) is 42.5 Å². The lowest BCUT2D eigenvalue weighted by Crippen LogP contribution is -2.52. The molecule has 0 saturated heterocycles. The molecule has 1 aliphatic rings. The molecule has 9 heteroatoms. The highest BCUT2D eigenvalue weighted by Gasteiger charge is 2.49. The number of anilines is 2. The summed E-state index contributed by atoms with van der Waals surface area (Å²) in [6.07, 6.45) is -5.64. The Bertz CT molecular complexity index is 1120. The van der Waals surface area contributed by atoms with Crippen molar-refractivity contribution in [2.75, 3.05) is 23.8 Å². The van der Waals surface area contributed by atoms with Gasteiger partial charge in [0.2, 0.25) is 11.8 Å². The van der Waals surface area contributed by atoms with Gasteiger partial charge in [-0.05, 0) is 38.2 Å². The Morgan fingerprint density at radius 2 is 1.91 bits per heavy atom. The van der Waals surface area contributed by atoms with Crippen LogP contribution in [0.25, 0.3) is 11.0 Å². The predicted molar refractivity (Wildman–Crippen MR) is 114 cm³/mol. The maximum atomic E-state index is 13.9. The summed E-state index contributed by atoms with van der Waals surface area (Å²) in [4.78, 5) is 27.6. The van der Waals surface area contributed by atoms with Gasteiger partial charge in [-0.2, -0.15) is 13.2 Å². The molecule has 168 valence electrons. The molecule has 1 aliphatic heterocycles. The monoisotopic (exact) mass is 445 g/mol. The molecule has 0 aliphatic carbocycles. The second-order valence-corrected chi connectivity index (χ2v) is 7.87. The molecule has 6 nitrogen and oxygen atoms in total. The minimum atomic E-state index is -4.77. The van der Waals surface area contributed by atoms with E-state index in [-0.39, 0.29) is 24.0 Å². The quantitative estimate of drug-likeness (QED) is 0.631. The first kappa shape index (κ1) is 21.9. The molecule has 0 fully saturated rings. The van der Waals surface area contributed by atoms with Crippen LogP contribution < -0.4 is 10.2 Å². The van der Waals surface area contributed by atoms with Gasteiger partial charge >= 0.3 is 6.18 Å². The van der Waals surface area contributed by atoms with Crippen molar-refractivity contribution in [3.63, 3.8) is 0 Å². The van der Waals surface area contributed by atoms with Crippen molar-refractivity contribution in [1.82, 2.24) is 4.90 Å². The van der Waals surface area contributed by atoms with E-state index in [4.69, 9.17) is 4.42 Å². The molecular weight excluding hydrogens is 423 g/mol. The van der Waals surface area contributed by atoms with Gasteiger partial charge in [0.25, 0.3) is 0 Å². The highest BCUT2D eigenvalue weighted by atomic mass is 19.4. The summed E-state index contributed by atoms with van der Waals surface area (Å²) in [5, 5.41) is 3.36. The van der Waals surface area contributed by atoms with Crippen LogP contribution in [0, 0.1) is 0 Å². The number of hydrogen-bond donors (Lipinski definition) is 1. The number of para-hydroxylation sites is 3. The number of hydrogen-bond acceptors (Lipinski definition) is 4. The number of nitrogens with one attached hydrogen (secondary N) is 1. The smallest absolute Gasteiger partial charge is 0.409 e. The molecule has 0 unspecified atom stereocenters. The van der Waals surface area contributed by atoms with Gasteiger partial charge in [-0.3, -0.25) is 19.4 Å². The Kier molecular flexibility index (Phi) is 5.68. The van der Waals surface area contributed by atoms with Crippen LogP contribution in [0.3, 0.4) is 0 Å². The average Bonchev–Trinajstić information content (AvgIpc) is 3.10. The summed E-state index contributed by atoms with van der Waals surface area (Å²) in [5.41, 5.74) is 0.887. The molecule has 0 spiro atoms. The first-order valence-corrected chi connectivity index (χ1v) is 10.1. The third-order valence-electron chi connectivity index (χ3n) is 5.68. The summed E-state index contributed by atoms with van der Waals surface area (Å²) in [7, 11) is 1.64. The molecule has 1 aromatic heterocycles. The van der Waals surface area contributed by atoms with Crippen molar-refractivity contribution >= 4 is 34.2 Å². The van der Waals surface area contributed by atoms with Crippen LogP contribution in [0.2, 0.25) is 0 Å². The first-order chi connectivity index (χ1) is 15.1. The van der Waals surface area contributed by atoms with Crippen molar-refractivity contribution in [3.8, 4) is 0 Å². The number of nitrogens with zero attached hydrogens (tertiary/aromatic N) is 2. The molecule has 2 heterocycles. The second-order valence-electron chi connectivity index (χ2n) is 7.87. The lowest BCUT2D eigenvalue weighted by atomic mass is 10.1. The number of carbonyl (C=O) groups excluding carboxylic acids is 2. The zero-order valence-electron chi connectivity index (χ0n) is 17.5. The van der Waals surface area contributed by atoms with E-state index in [1.54, 1.807) is 18.0 Å². The van der Waals surface area contributed by atoms with Gasteiger partial charge in [0, 0.05) is 5.39 Å². The highest BCUT2D eigenvalue weighted by Crippen LogP contribution is 2.38. The number of rotatable bonds is 4. The third kappa shape index (κ3) is 4.20. The molecule has 3 aromatic rings. The lowest BCUT2D eigenvalue weighted by molar-refractivity contribution is -0.158. The fraction of sp³-hybridized carbons (Fsp3) is 0.304. The van der Waals surface area contributed by atoms with E-state index in [1.165, 1.54) is 18.2 Å². The summed E-state index contributed by atoms with van der Waals surface area (Å²) in [6.45, 7) is 1.51. The van der Waals surface area contributed by atoms with Gasteiger partial charge in [0.05, 0.1) is 30.4 Å². The Hall–Kier alpha value is -3.33. The van der Waals surface area contributed by atoms with Crippen molar-refractivity contribution in [2.45, 2.75) is 31.6 Å². The van der Waals surface area contributed by atoms with Crippen molar-refractivity contribution in [2.24, 2.45) is 0 Å². The summed E-state index contributed by atoms with van der Waals surface area (Å²) >= 11 is 0. The third-order valence-corrected chi connectivity index (χ3v) is 5.68. The van der Waals surface area contributed by atoms with E-state index in [0.29, 0.717) is 16.2 Å². The number of likely N-dealkylation sites (N-methyl/N-ethyl adjacent to an activating group) is 1. The Balaban J connectivity index is 1.62. The maximum absolute atomic E-state index is 13.9. The van der Waals surface area contributed by atoms with Crippen LogP contribution in [0.1, 0.15) is 25.1 Å². The fourth-order valence-corrected chi connectivity index (χ4v) is 3.85. The van der Waals surface area contributed by atoms with Gasteiger partial charge in [0.1, 0.15) is 17.4 Å². The SMILES string of the molecule is C[C@@H](c1cc2ccccc2o1)N(C)CC(=O)N1c2ccccc2NC(=O)C[C@H]1C(F)(F)F. The molecule has 2 atom stereocenters. The van der Waals surface area contributed by atoms with E-state index in [9.17, 15) is 22.8 Å². The summed E-state index contributed by atoms with van der Waals surface area (Å²) in [5.74, 6) is -0.956. The zero-order chi connectivity index (χ0) is 23.0. The van der Waals surface area contributed by atoms with E-state index in [1.807, 2.05) is 37.3 Å². The molecule has 32 heavy (non-hydrogen) atoms. The topological polar surface area (TPSA) is 65.8 Å². The second kappa shape index (κ2) is 8.31. The number of halogens is 3. The Morgan fingerprint density at radius 3 is 2.62 bits per heavy atom. The lowest BCUT2D eigenvalue weighted by Gasteiger charge is -2.33. The number of furan rings is 1. The van der Waals surface area contributed by atoms with E-state index >= 15 is 0 Å². The van der Waals surface area contributed by atoms with Crippen LogP contribution in [0.5, 0.6) is 0 Å². The van der Waals surface area contributed by atoms with Gasteiger partial charge in [-0.1, -0.05) is 30.3 Å². The first-order valence-electron chi connectivity index (χ1n) is 10.1. The van der Waals surface area contributed by atoms with Gasteiger partial charge < -0.3 is 9.73 Å². The maximum Gasteiger partial charge on any atom is 0.409 e. The zero-order valence-corrected chi connectivity index (χ0v) is 17.5. The molecule has 0 bridgehead atoms. The van der Waals surface area contributed by atoms with Crippen molar-refractivity contribution in [3.05, 3.63) is 60.4 Å². The number of benzene rings is 2. The predicted octanol–water partition coefficient (Wildman–Crippen LogP) is 4.73. The van der Waals surface area contributed by atoms with Crippen LogP contribution in [-0.2, 0) is 9.59 Å². The minimum Gasteiger partial charge on any atom is -0.459 e. The molecular formula is C23H22F3N3O3. The molecule has 1 N–H and O–H groups in total. The number of carbonyl (C=O) groups is 2. The highest BCUT2D eigenvalue weighted by molar-refractivity contribution is 6.05. The van der Waals surface area contributed by atoms with Gasteiger partial charge in [-0.15, -0.1) is 0 Å². The average molecular weight is 445 g/mol. The molecule has 2 aromatic carbocycles. The Morgan fingerprint density at radius 1 is 1.22 bits per heavy atom. The number of fused-ring (bicyclic) bond motifs is 2. The largest absolute Gasteiger partial charge is 0.459 e. The molecule has 2 amide bonds. The van der Waals surface area contributed by atoms with Crippen LogP contribution in [0.4, 0.5) is 24.5 Å². The summed E-state index contributed by atoms with van der Waals surface area (Å²) < 4.78 is 47.5. The van der Waals surface area contributed by atoms with E-state index < -0.39 is 30.5 Å². The summed E-state index contributed by atoms with van der Waals surface area (Å²) in [6, 6.07) is 12.7. The normalized spacial score (nSPS) is 17.8. The molecule has 0 radical (unpaired) electrons. The Labute approximate surface area is 182 Å². The standard InChI is InChI=1S/C23H22F3N3O3/c1-14(19-11-15-7-3-6-10-18(15)32-19)28(2)13-22(31)29-17-9-5-4-8-16(17)27-21(30)12-20(29)23(24,25)26/h3-11,14,20H,12-13H2,1-2H3,(H,27,30)/t14-,20-/m0/s1. The van der Waals surface area contributed by atoms with Crippen LogP contribution >= 0.6 is 0 Å². The van der Waals surface area contributed by atoms with Crippen molar-refractivity contribution in [1.29, 1.82) is 0 Å². The minimum absolute atomic E-state index is 0.0236. The molecule has 0 saturated carbocycles. The van der Waals surface area contributed by atoms with E-state index in [0.717, 1.165) is 5.39 Å². The number of amides is 2. The number of alkyl halides is 3.